The first kappa shape index (κ1) is 12.7. The van der Waals surface area contributed by atoms with Gasteiger partial charge in [-0.3, -0.25) is 9.59 Å². The predicted octanol–water partition coefficient (Wildman–Crippen LogP) is 1.01. The van der Waals surface area contributed by atoms with Crippen molar-refractivity contribution >= 4 is 22.7 Å². The summed E-state index contributed by atoms with van der Waals surface area (Å²) in [5.41, 5.74) is 2.11. The Morgan fingerprint density at radius 1 is 1.25 bits per heavy atom. The molecule has 2 amide bonds. The number of nitrogens with zero attached hydrogens (tertiary/aromatic N) is 2. The van der Waals surface area contributed by atoms with Crippen molar-refractivity contribution in [2.45, 2.75) is 12.5 Å². The first-order valence-corrected chi connectivity index (χ1v) is 6.63. The summed E-state index contributed by atoms with van der Waals surface area (Å²) in [5.74, 6) is -0.0191. The summed E-state index contributed by atoms with van der Waals surface area (Å²) in [7, 11) is 3.38. The fraction of sp³-hybridized carbons (Fsp3) is 0.333. The van der Waals surface area contributed by atoms with Crippen molar-refractivity contribution < 1.29 is 9.59 Å². The average molecular weight is 271 g/mol. The van der Waals surface area contributed by atoms with E-state index < -0.39 is 6.04 Å². The number of likely N-dealkylation sites (N-methyl/N-ethyl adjacent to an activating group) is 2. The number of amides is 2. The molecule has 2 heterocycles. The van der Waals surface area contributed by atoms with Gasteiger partial charge in [0.05, 0.1) is 6.54 Å². The van der Waals surface area contributed by atoms with Gasteiger partial charge in [0.15, 0.2) is 0 Å². The Morgan fingerprint density at radius 2 is 2.00 bits per heavy atom. The van der Waals surface area contributed by atoms with E-state index in [2.05, 4.69) is 4.98 Å². The molecule has 3 rings (SSSR count). The van der Waals surface area contributed by atoms with Crippen LogP contribution in [0.3, 0.4) is 0 Å². The molecule has 20 heavy (non-hydrogen) atoms. The minimum absolute atomic E-state index is 0.00242. The number of benzene rings is 1. The zero-order valence-electron chi connectivity index (χ0n) is 11.6. The molecule has 1 unspecified atom stereocenters. The number of H-pyrrole nitrogens is 1. The summed E-state index contributed by atoms with van der Waals surface area (Å²) >= 11 is 0. The van der Waals surface area contributed by atoms with Crippen LogP contribution < -0.4 is 0 Å². The number of para-hydroxylation sites is 1. The van der Waals surface area contributed by atoms with E-state index in [1.807, 2.05) is 30.5 Å². The van der Waals surface area contributed by atoms with Crippen LogP contribution in [0.15, 0.2) is 30.5 Å². The summed E-state index contributed by atoms with van der Waals surface area (Å²) in [6.45, 7) is 0.166. The second kappa shape index (κ2) is 4.67. The molecule has 1 aromatic carbocycles. The highest BCUT2D eigenvalue weighted by Gasteiger charge is 2.35. The third-order valence-electron chi connectivity index (χ3n) is 3.98. The molecule has 1 saturated heterocycles. The number of fused-ring (bicyclic) bond motifs is 1. The molecule has 5 heteroatoms. The van der Waals surface area contributed by atoms with Crippen molar-refractivity contribution in [2.75, 3.05) is 20.6 Å². The average Bonchev–Trinajstić information content (AvgIpc) is 2.85. The number of piperazine rings is 1. The SMILES string of the molecule is CN1CC(=O)N(C)C(Cc2c[nH]c3ccccc23)C1=O. The molecule has 0 saturated carbocycles. The molecular formula is C15H17N3O2. The highest BCUT2D eigenvalue weighted by atomic mass is 16.2. The molecule has 1 aliphatic rings. The predicted molar refractivity (Wildman–Crippen MR) is 76.2 cm³/mol. The molecule has 1 N–H and O–H groups in total. The number of carbonyl (C=O) groups excluding carboxylic acids is 2. The van der Waals surface area contributed by atoms with Crippen LogP contribution in [0.2, 0.25) is 0 Å². The molecular weight excluding hydrogens is 254 g/mol. The molecule has 0 bridgehead atoms. The number of hydrogen-bond acceptors (Lipinski definition) is 2. The second-order valence-electron chi connectivity index (χ2n) is 5.28. The van der Waals surface area contributed by atoms with Crippen LogP contribution in [-0.2, 0) is 16.0 Å². The summed E-state index contributed by atoms with van der Waals surface area (Å²) in [6, 6.07) is 7.56. The van der Waals surface area contributed by atoms with Crippen LogP contribution in [0.5, 0.6) is 0 Å². The van der Waals surface area contributed by atoms with Gasteiger partial charge in [-0.2, -0.15) is 0 Å². The van der Waals surface area contributed by atoms with E-state index in [1.165, 1.54) is 4.90 Å². The topological polar surface area (TPSA) is 56.4 Å². The lowest BCUT2D eigenvalue weighted by atomic mass is 10.0. The zero-order valence-corrected chi connectivity index (χ0v) is 11.6. The summed E-state index contributed by atoms with van der Waals surface area (Å²) in [6.07, 6.45) is 2.46. The van der Waals surface area contributed by atoms with Gasteiger partial charge in [-0.1, -0.05) is 18.2 Å². The molecule has 0 radical (unpaired) electrons. The number of nitrogens with one attached hydrogen (secondary N) is 1. The van der Waals surface area contributed by atoms with E-state index in [0.717, 1.165) is 16.5 Å². The van der Waals surface area contributed by atoms with Crippen molar-refractivity contribution in [3.8, 4) is 0 Å². The smallest absolute Gasteiger partial charge is 0.245 e. The zero-order chi connectivity index (χ0) is 14.3. The van der Waals surface area contributed by atoms with E-state index >= 15 is 0 Å². The largest absolute Gasteiger partial charge is 0.361 e. The molecule has 1 aromatic heterocycles. The number of hydrogen-bond donors (Lipinski definition) is 1. The maximum absolute atomic E-state index is 12.3. The molecule has 104 valence electrons. The van der Waals surface area contributed by atoms with Crippen LogP contribution >= 0.6 is 0 Å². The monoisotopic (exact) mass is 271 g/mol. The normalized spacial score (nSPS) is 20.0. The number of rotatable bonds is 2. The molecule has 1 atom stereocenters. The van der Waals surface area contributed by atoms with E-state index in [4.69, 9.17) is 0 Å². The number of aromatic nitrogens is 1. The molecule has 0 aliphatic carbocycles. The van der Waals surface area contributed by atoms with Gasteiger partial charge in [0.1, 0.15) is 6.04 Å². The molecule has 0 spiro atoms. The second-order valence-corrected chi connectivity index (χ2v) is 5.28. The lowest BCUT2D eigenvalue weighted by Crippen LogP contribution is -2.57. The van der Waals surface area contributed by atoms with Gasteiger partial charge < -0.3 is 14.8 Å². The van der Waals surface area contributed by atoms with Crippen molar-refractivity contribution in [1.29, 1.82) is 0 Å². The van der Waals surface area contributed by atoms with E-state index in [9.17, 15) is 9.59 Å². The van der Waals surface area contributed by atoms with Crippen molar-refractivity contribution in [3.05, 3.63) is 36.0 Å². The molecule has 1 aliphatic heterocycles. The van der Waals surface area contributed by atoms with Crippen molar-refractivity contribution in [3.63, 3.8) is 0 Å². The van der Waals surface area contributed by atoms with Gasteiger partial charge in [0, 0.05) is 37.6 Å². The van der Waals surface area contributed by atoms with Crippen LogP contribution in [0.4, 0.5) is 0 Å². The van der Waals surface area contributed by atoms with Crippen molar-refractivity contribution in [1.82, 2.24) is 14.8 Å². The van der Waals surface area contributed by atoms with Gasteiger partial charge in [0.2, 0.25) is 11.8 Å². The Bertz CT molecular complexity index is 677. The van der Waals surface area contributed by atoms with Crippen LogP contribution in [0, 0.1) is 0 Å². The van der Waals surface area contributed by atoms with Gasteiger partial charge >= 0.3 is 0 Å². The van der Waals surface area contributed by atoms with Gasteiger partial charge in [-0.15, -0.1) is 0 Å². The molecule has 1 fully saturated rings. The van der Waals surface area contributed by atoms with Crippen LogP contribution in [0.25, 0.3) is 10.9 Å². The summed E-state index contributed by atoms with van der Waals surface area (Å²) in [4.78, 5) is 30.4. The van der Waals surface area contributed by atoms with Gasteiger partial charge in [0.25, 0.3) is 0 Å². The quantitative estimate of drug-likeness (QED) is 0.886. The third kappa shape index (κ3) is 1.95. The first-order valence-electron chi connectivity index (χ1n) is 6.63. The first-order chi connectivity index (χ1) is 9.58. The maximum atomic E-state index is 12.3. The minimum Gasteiger partial charge on any atom is -0.361 e. The molecule has 5 nitrogen and oxygen atoms in total. The number of aromatic amines is 1. The third-order valence-corrected chi connectivity index (χ3v) is 3.98. The van der Waals surface area contributed by atoms with E-state index in [1.54, 1.807) is 19.0 Å². The standard InChI is InChI=1S/C15H17N3O2/c1-17-9-14(19)18(2)13(15(17)20)7-10-8-16-12-6-4-3-5-11(10)12/h3-6,8,13,16H,7,9H2,1-2H3. The maximum Gasteiger partial charge on any atom is 0.245 e. The Hall–Kier alpha value is -2.30. The Labute approximate surface area is 117 Å². The molecule has 2 aromatic rings. The van der Waals surface area contributed by atoms with Crippen LogP contribution in [0.1, 0.15) is 5.56 Å². The number of carbonyl (C=O) groups is 2. The highest BCUT2D eigenvalue weighted by molar-refractivity contribution is 5.95. The van der Waals surface area contributed by atoms with Gasteiger partial charge in [-0.25, -0.2) is 0 Å². The van der Waals surface area contributed by atoms with Gasteiger partial charge in [-0.05, 0) is 11.6 Å². The Morgan fingerprint density at radius 3 is 2.80 bits per heavy atom. The minimum atomic E-state index is -0.416. The summed E-state index contributed by atoms with van der Waals surface area (Å²) in [5, 5.41) is 1.11. The Kier molecular flexibility index (Phi) is 2.97. The van der Waals surface area contributed by atoms with E-state index in [0.29, 0.717) is 6.42 Å². The highest BCUT2D eigenvalue weighted by Crippen LogP contribution is 2.22. The van der Waals surface area contributed by atoms with E-state index in [-0.39, 0.29) is 18.4 Å². The fourth-order valence-corrected chi connectivity index (χ4v) is 2.72. The summed E-state index contributed by atoms with van der Waals surface area (Å²) < 4.78 is 0. The lowest BCUT2D eigenvalue weighted by molar-refractivity contribution is -0.152. The van der Waals surface area contributed by atoms with Crippen LogP contribution in [-0.4, -0.2) is 53.3 Å². The fourth-order valence-electron chi connectivity index (χ4n) is 2.72. The lowest BCUT2D eigenvalue weighted by Gasteiger charge is -2.36. The van der Waals surface area contributed by atoms with Crippen molar-refractivity contribution in [2.24, 2.45) is 0 Å². The Balaban J connectivity index is 1.93.